The zero-order chi connectivity index (χ0) is 18.2. The summed E-state index contributed by atoms with van der Waals surface area (Å²) < 4.78 is 11.6. The van der Waals surface area contributed by atoms with Crippen LogP contribution in [0.2, 0.25) is 0 Å². The van der Waals surface area contributed by atoms with E-state index in [9.17, 15) is 10.1 Å². The van der Waals surface area contributed by atoms with Crippen LogP contribution in [0.4, 0.5) is 0 Å². The second-order valence-corrected chi connectivity index (χ2v) is 6.23. The number of hydrogen-bond acceptors (Lipinski definition) is 4. The minimum Gasteiger partial charge on any atom is -0.493 e. The molecule has 0 aliphatic heterocycles. The average molecular weight is 400 g/mol. The first-order valence-corrected chi connectivity index (χ1v) is 8.66. The molecule has 25 heavy (non-hydrogen) atoms. The molecule has 0 unspecified atom stereocenters. The van der Waals surface area contributed by atoms with Gasteiger partial charge < -0.3 is 9.47 Å². The van der Waals surface area contributed by atoms with Crippen LogP contribution in [0.3, 0.4) is 0 Å². The number of carbonyl (C=O) groups is 1. The van der Waals surface area contributed by atoms with Gasteiger partial charge in [0.25, 0.3) is 0 Å². The Labute approximate surface area is 155 Å². The minimum absolute atomic E-state index is 0.0972. The summed E-state index contributed by atoms with van der Waals surface area (Å²) in [5.74, 6) is 0.283. The molecule has 2 aromatic carbocycles. The van der Waals surface area contributed by atoms with E-state index in [0.717, 1.165) is 12.0 Å². The summed E-state index contributed by atoms with van der Waals surface area (Å²) in [5, 5.41) is 9.34. The number of para-hydroxylation sites is 1. The second kappa shape index (κ2) is 9.05. The Morgan fingerprint density at radius 2 is 2.00 bits per heavy atom. The lowest BCUT2D eigenvalue weighted by Crippen LogP contribution is -2.10. The molecule has 0 saturated carbocycles. The zero-order valence-electron chi connectivity index (χ0n) is 14.1. The average Bonchev–Trinajstić information content (AvgIpc) is 2.61. The number of ether oxygens (including phenoxy) is 2. The fourth-order valence-electron chi connectivity index (χ4n) is 2.08. The number of carbonyl (C=O) groups excluding carboxylic acids is 1. The van der Waals surface area contributed by atoms with Crippen LogP contribution in [-0.4, -0.2) is 12.6 Å². The topological polar surface area (TPSA) is 59.3 Å². The maximum absolute atomic E-state index is 12.3. The summed E-state index contributed by atoms with van der Waals surface area (Å²) in [4.78, 5) is 12.3. The number of esters is 1. The first-order chi connectivity index (χ1) is 12.0. The number of benzene rings is 2. The van der Waals surface area contributed by atoms with Gasteiger partial charge >= 0.3 is 5.97 Å². The Bertz CT molecular complexity index is 837. The SMILES string of the molecule is CCCOc1ccccc1/C=C(\C#N)C(=O)Oc1ccc(C)cc1Br. The van der Waals surface area contributed by atoms with Gasteiger partial charge in [-0.15, -0.1) is 0 Å². The lowest BCUT2D eigenvalue weighted by atomic mass is 10.1. The first-order valence-electron chi connectivity index (χ1n) is 7.87. The van der Waals surface area contributed by atoms with Crippen LogP contribution in [0.15, 0.2) is 52.5 Å². The van der Waals surface area contributed by atoms with Gasteiger partial charge in [-0.2, -0.15) is 5.26 Å². The van der Waals surface area contributed by atoms with Gasteiger partial charge in [-0.05, 0) is 59.1 Å². The van der Waals surface area contributed by atoms with Crippen molar-refractivity contribution in [3.8, 4) is 17.6 Å². The summed E-state index contributed by atoms with van der Waals surface area (Å²) in [7, 11) is 0. The van der Waals surface area contributed by atoms with E-state index in [0.29, 0.717) is 28.1 Å². The zero-order valence-corrected chi connectivity index (χ0v) is 15.7. The molecule has 5 heteroatoms. The highest BCUT2D eigenvalue weighted by atomic mass is 79.9. The number of nitriles is 1. The monoisotopic (exact) mass is 399 g/mol. The number of rotatable bonds is 6. The normalized spacial score (nSPS) is 10.9. The molecule has 0 saturated heterocycles. The van der Waals surface area contributed by atoms with Crippen molar-refractivity contribution in [2.75, 3.05) is 6.61 Å². The molecule has 0 spiro atoms. The van der Waals surface area contributed by atoms with E-state index in [4.69, 9.17) is 9.47 Å². The third-order valence-corrected chi connectivity index (χ3v) is 3.93. The fourth-order valence-corrected chi connectivity index (χ4v) is 2.65. The predicted octanol–water partition coefficient (Wildman–Crippen LogP) is 5.06. The molecule has 0 bridgehead atoms. The number of halogens is 1. The van der Waals surface area contributed by atoms with E-state index in [1.54, 1.807) is 18.2 Å². The van der Waals surface area contributed by atoms with E-state index in [-0.39, 0.29) is 5.57 Å². The Morgan fingerprint density at radius 1 is 1.24 bits per heavy atom. The van der Waals surface area contributed by atoms with Crippen molar-refractivity contribution in [3.05, 3.63) is 63.6 Å². The molecule has 0 aliphatic carbocycles. The van der Waals surface area contributed by atoms with Gasteiger partial charge in [0.1, 0.15) is 23.1 Å². The van der Waals surface area contributed by atoms with E-state index >= 15 is 0 Å². The largest absolute Gasteiger partial charge is 0.493 e. The van der Waals surface area contributed by atoms with E-state index in [1.165, 1.54) is 6.08 Å². The summed E-state index contributed by atoms with van der Waals surface area (Å²) in [6.45, 7) is 4.51. The van der Waals surface area contributed by atoms with Crippen LogP contribution in [0, 0.1) is 18.3 Å². The van der Waals surface area contributed by atoms with Gasteiger partial charge in [-0.1, -0.05) is 31.2 Å². The van der Waals surface area contributed by atoms with Crippen LogP contribution in [0.1, 0.15) is 24.5 Å². The lowest BCUT2D eigenvalue weighted by Gasteiger charge is -2.09. The van der Waals surface area contributed by atoms with Crippen molar-refractivity contribution in [3.63, 3.8) is 0 Å². The van der Waals surface area contributed by atoms with Gasteiger partial charge in [-0.3, -0.25) is 0 Å². The van der Waals surface area contributed by atoms with E-state index in [2.05, 4.69) is 15.9 Å². The number of hydrogen-bond donors (Lipinski definition) is 0. The van der Waals surface area contributed by atoms with Crippen molar-refractivity contribution in [2.24, 2.45) is 0 Å². The Kier molecular flexibility index (Phi) is 6.79. The molecule has 0 radical (unpaired) electrons. The van der Waals surface area contributed by atoms with Crippen molar-refractivity contribution in [1.82, 2.24) is 0 Å². The van der Waals surface area contributed by atoms with Crippen LogP contribution in [-0.2, 0) is 4.79 Å². The summed E-state index contributed by atoms with van der Waals surface area (Å²) in [6, 6.07) is 14.5. The number of aryl methyl sites for hydroxylation is 1. The fraction of sp³-hybridized carbons (Fsp3) is 0.200. The summed E-state index contributed by atoms with van der Waals surface area (Å²) in [6.07, 6.45) is 2.35. The summed E-state index contributed by atoms with van der Waals surface area (Å²) in [5.41, 5.74) is 1.59. The molecule has 0 aliphatic rings. The molecule has 0 aromatic heterocycles. The highest BCUT2D eigenvalue weighted by Gasteiger charge is 2.15. The van der Waals surface area contributed by atoms with Gasteiger partial charge in [-0.25, -0.2) is 4.79 Å². The van der Waals surface area contributed by atoms with Crippen molar-refractivity contribution >= 4 is 28.0 Å². The highest BCUT2D eigenvalue weighted by Crippen LogP contribution is 2.27. The smallest absolute Gasteiger partial charge is 0.354 e. The van der Waals surface area contributed by atoms with E-state index < -0.39 is 5.97 Å². The van der Waals surface area contributed by atoms with E-state index in [1.807, 2.05) is 44.2 Å². The number of nitrogens with zero attached hydrogens (tertiary/aromatic N) is 1. The minimum atomic E-state index is -0.711. The molecule has 2 rings (SSSR count). The lowest BCUT2D eigenvalue weighted by molar-refractivity contribution is -0.129. The standard InChI is InChI=1S/C20H18BrNO3/c1-3-10-24-18-7-5-4-6-15(18)12-16(13-22)20(23)25-19-9-8-14(2)11-17(19)21/h4-9,11-12H,3,10H2,1-2H3/b16-12+. The van der Waals surface area contributed by atoms with Gasteiger partial charge in [0.15, 0.2) is 0 Å². The molecule has 0 atom stereocenters. The Morgan fingerprint density at radius 3 is 2.68 bits per heavy atom. The molecule has 0 N–H and O–H groups in total. The quantitative estimate of drug-likeness (QED) is 0.294. The molecule has 0 fully saturated rings. The molecular weight excluding hydrogens is 382 g/mol. The Hall–Kier alpha value is -2.58. The maximum Gasteiger partial charge on any atom is 0.354 e. The first kappa shape index (κ1) is 18.8. The molecule has 128 valence electrons. The predicted molar refractivity (Wildman–Crippen MR) is 100 cm³/mol. The third-order valence-electron chi connectivity index (χ3n) is 3.31. The second-order valence-electron chi connectivity index (χ2n) is 5.38. The van der Waals surface area contributed by atoms with Crippen molar-refractivity contribution < 1.29 is 14.3 Å². The van der Waals surface area contributed by atoms with Gasteiger partial charge in [0.2, 0.25) is 0 Å². The van der Waals surface area contributed by atoms with Crippen LogP contribution < -0.4 is 9.47 Å². The van der Waals surface area contributed by atoms with Crippen molar-refractivity contribution in [1.29, 1.82) is 5.26 Å². The molecule has 0 amide bonds. The summed E-state index contributed by atoms with van der Waals surface area (Å²) >= 11 is 3.35. The van der Waals surface area contributed by atoms with Crippen LogP contribution >= 0.6 is 15.9 Å². The molecule has 0 heterocycles. The van der Waals surface area contributed by atoms with Crippen LogP contribution in [0.25, 0.3) is 6.08 Å². The molecular formula is C20H18BrNO3. The molecule has 2 aromatic rings. The Balaban J connectivity index is 2.25. The highest BCUT2D eigenvalue weighted by molar-refractivity contribution is 9.10. The van der Waals surface area contributed by atoms with Crippen molar-refractivity contribution in [2.45, 2.75) is 20.3 Å². The van der Waals surface area contributed by atoms with Gasteiger partial charge in [0, 0.05) is 5.56 Å². The van der Waals surface area contributed by atoms with Crippen LogP contribution in [0.5, 0.6) is 11.5 Å². The van der Waals surface area contributed by atoms with Gasteiger partial charge in [0.05, 0.1) is 11.1 Å². The molecule has 4 nitrogen and oxygen atoms in total. The third kappa shape index (κ3) is 5.20. The maximum atomic E-state index is 12.3.